The van der Waals surface area contributed by atoms with Gasteiger partial charge in [0.15, 0.2) is 0 Å². The van der Waals surface area contributed by atoms with Gasteiger partial charge in [-0.1, -0.05) is 13.0 Å². The van der Waals surface area contributed by atoms with Crippen LogP contribution in [0.25, 0.3) is 11.0 Å². The van der Waals surface area contributed by atoms with Crippen molar-refractivity contribution in [3.8, 4) is 0 Å². The normalized spacial score (nSPS) is 17.4. The Kier molecular flexibility index (Phi) is 5.48. The van der Waals surface area contributed by atoms with Crippen LogP contribution in [0.5, 0.6) is 0 Å². The molecule has 1 aliphatic rings. The Morgan fingerprint density at radius 1 is 1.00 bits per heavy atom. The van der Waals surface area contributed by atoms with Crippen LogP contribution < -0.4 is 5.69 Å². The van der Waals surface area contributed by atoms with Crippen LogP contribution in [0.15, 0.2) is 46.1 Å². The number of hydrogen-bond donors (Lipinski definition) is 2. The lowest BCUT2D eigenvalue weighted by Gasteiger charge is -2.38. The number of aromatic nitrogens is 2. The van der Waals surface area contributed by atoms with Crippen molar-refractivity contribution in [2.45, 2.75) is 24.3 Å². The molecule has 1 unspecified atom stereocenters. The summed E-state index contributed by atoms with van der Waals surface area (Å²) in [5.74, 6) is -1.21. The molecule has 10 heteroatoms. The third kappa shape index (κ3) is 3.78. The molecule has 1 saturated heterocycles. The Morgan fingerprint density at radius 3 is 2.37 bits per heavy atom. The summed E-state index contributed by atoms with van der Waals surface area (Å²) in [6, 6.07) is 7.78. The summed E-state index contributed by atoms with van der Waals surface area (Å²) in [5.41, 5.74) is 0.984. The zero-order valence-corrected chi connectivity index (χ0v) is 17.2. The molecule has 4 rings (SSSR count). The van der Waals surface area contributed by atoms with Crippen molar-refractivity contribution in [2.24, 2.45) is 0 Å². The summed E-state index contributed by atoms with van der Waals surface area (Å²) >= 11 is 0. The summed E-state index contributed by atoms with van der Waals surface area (Å²) in [6.07, 6.45) is 0.618. The third-order valence-electron chi connectivity index (χ3n) is 5.55. The molecule has 1 fully saturated rings. The first-order valence-electron chi connectivity index (χ1n) is 9.71. The smallest absolute Gasteiger partial charge is 0.306 e. The van der Waals surface area contributed by atoms with E-state index in [1.807, 2.05) is 11.8 Å². The van der Waals surface area contributed by atoms with Gasteiger partial charge < -0.3 is 9.97 Å². The Balaban J connectivity index is 1.51. The maximum Gasteiger partial charge on any atom is 0.323 e. The highest BCUT2D eigenvalue weighted by Gasteiger charge is 2.32. The quantitative estimate of drug-likeness (QED) is 0.644. The fourth-order valence-electron chi connectivity index (χ4n) is 4.02. The number of sulfonamides is 1. The monoisotopic (exact) mass is 436 g/mol. The molecule has 7 nitrogen and oxygen atoms in total. The number of H-pyrrole nitrogens is 2. The number of fused-ring (bicyclic) bond motifs is 1. The number of hydrogen-bond acceptors (Lipinski definition) is 4. The molecule has 0 saturated carbocycles. The van der Waals surface area contributed by atoms with E-state index in [4.69, 9.17) is 0 Å². The van der Waals surface area contributed by atoms with E-state index < -0.39 is 27.3 Å². The molecule has 2 heterocycles. The summed E-state index contributed by atoms with van der Waals surface area (Å²) in [5, 5.41) is 0. The predicted octanol–water partition coefficient (Wildman–Crippen LogP) is 2.59. The van der Waals surface area contributed by atoms with Crippen LogP contribution in [0.2, 0.25) is 0 Å². The second kappa shape index (κ2) is 7.93. The lowest BCUT2D eigenvalue weighted by Crippen LogP contribution is -2.49. The second-order valence-corrected chi connectivity index (χ2v) is 9.25. The molecule has 160 valence electrons. The highest BCUT2D eigenvalue weighted by Crippen LogP contribution is 2.29. The fraction of sp³-hybridized carbons (Fsp3) is 0.350. The van der Waals surface area contributed by atoms with Gasteiger partial charge in [0.1, 0.15) is 11.6 Å². The van der Waals surface area contributed by atoms with E-state index in [2.05, 4.69) is 9.97 Å². The fourth-order valence-corrected chi connectivity index (χ4v) is 5.47. The van der Waals surface area contributed by atoms with Crippen molar-refractivity contribution >= 4 is 21.1 Å². The average molecular weight is 436 g/mol. The Morgan fingerprint density at radius 2 is 1.70 bits per heavy atom. The molecule has 0 amide bonds. The van der Waals surface area contributed by atoms with E-state index in [0.29, 0.717) is 36.1 Å². The summed E-state index contributed by atoms with van der Waals surface area (Å²) in [6.45, 7) is 3.28. The maximum absolute atomic E-state index is 14.3. The van der Waals surface area contributed by atoms with E-state index >= 15 is 0 Å². The Bertz CT molecular complexity index is 1230. The minimum Gasteiger partial charge on any atom is -0.306 e. The number of rotatable bonds is 5. The lowest BCUT2D eigenvalue weighted by atomic mass is 10.0. The van der Waals surface area contributed by atoms with E-state index in [1.165, 1.54) is 28.6 Å². The van der Waals surface area contributed by atoms with Gasteiger partial charge in [-0.15, -0.1) is 0 Å². The molecule has 3 aromatic rings. The standard InChI is InChI=1S/C20H22F2N4O3S/c1-2-19(15-5-3-13(21)11-16(15)22)25-7-9-26(10-8-25)30(28,29)14-4-6-17-18(12-14)24-20(27)23-17/h3-6,11-12,19H,2,7-10H2,1H3,(H2,23,24,27). The molecular formula is C20H22F2N4O3S. The molecule has 1 aromatic heterocycles. The topological polar surface area (TPSA) is 89.3 Å². The van der Waals surface area contributed by atoms with Gasteiger partial charge in [0.2, 0.25) is 10.0 Å². The van der Waals surface area contributed by atoms with Crippen molar-refractivity contribution in [3.63, 3.8) is 0 Å². The summed E-state index contributed by atoms with van der Waals surface area (Å²) in [4.78, 5) is 18.7. The van der Waals surface area contributed by atoms with E-state index in [1.54, 1.807) is 6.07 Å². The molecule has 0 bridgehead atoms. The summed E-state index contributed by atoms with van der Waals surface area (Å²) in [7, 11) is -3.73. The SMILES string of the molecule is CCC(c1ccc(F)cc1F)N1CCN(S(=O)(=O)c2ccc3[nH]c(=O)[nH]c3c2)CC1. The first-order valence-corrected chi connectivity index (χ1v) is 11.1. The molecule has 2 N–H and O–H groups in total. The summed E-state index contributed by atoms with van der Waals surface area (Å²) < 4.78 is 55.0. The number of imidazole rings is 1. The van der Waals surface area contributed by atoms with E-state index in [-0.39, 0.29) is 24.0 Å². The largest absolute Gasteiger partial charge is 0.323 e. The highest BCUT2D eigenvalue weighted by atomic mass is 32.2. The molecule has 2 aromatic carbocycles. The molecule has 30 heavy (non-hydrogen) atoms. The van der Waals surface area contributed by atoms with Crippen molar-refractivity contribution in [2.75, 3.05) is 26.2 Å². The molecule has 1 aliphatic heterocycles. The second-order valence-electron chi connectivity index (χ2n) is 7.32. The van der Waals surface area contributed by atoms with Gasteiger partial charge in [-0.3, -0.25) is 4.90 Å². The number of benzene rings is 2. The van der Waals surface area contributed by atoms with Crippen LogP contribution in [0.4, 0.5) is 8.78 Å². The number of halogens is 2. The number of piperazine rings is 1. The zero-order chi connectivity index (χ0) is 21.5. The van der Waals surface area contributed by atoms with Crippen LogP contribution in [0, 0.1) is 11.6 Å². The van der Waals surface area contributed by atoms with E-state index in [9.17, 15) is 22.0 Å². The molecule has 0 radical (unpaired) electrons. The zero-order valence-electron chi connectivity index (χ0n) is 16.4. The van der Waals surface area contributed by atoms with Gasteiger partial charge in [-0.25, -0.2) is 22.0 Å². The molecule has 0 aliphatic carbocycles. The van der Waals surface area contributed by atoms with Crippen molar-refractivity contribution in [1.29, 1.82) is 0 Å². The highest BCUT2D eigenvalue weighted by molar-refractivity contribution is 7.89. The predicted molar refractivity (Wildman–Crippen MR) is 109 cm³/mol. The van der Waals surface area contributed by atoms with Gasteiger partial charge in [-0.05, 0) is 30.7 Å². The van der Waals surface area contributed by atoms with Crippen molar-refractivity contribution in [1.82, 2.24) is 19.2 Å². The third-order valence-corrected chi connectivity index (χ3v) is 7.44. The number of nitrogens with one attached hydrogen (secondary N) is 2. The minimum absolute atomic E-state index is 0.107. The van der Waals surface area contributed by atoms with Gasteiger partial charge in [0.25, 0.3) is 0 Å². The molecule has 1 atom stereocenters. The maximum atomic E-state index is 14.3. The van der Waals surface area contributed by atoms with Crippen LogP contribution in [-0.2, 0) is 10.0 Å². The minimum atomic E-state index is -3.73. The first-order chi connectivity index (χ1) is 14.3. The Hall–Kier alpha value is -2.56. The van der Waals surface area contributed by atoms with Crippen LogP contribution in [0.1, 0.15) is 24.9 Å². The Labute approximate surface area is 172 Å². The van der Waals surface area contributed by atoms with Gasteiger partial charge in [0.05, 0.1) is 15.9 Å². The van der Waals surface area contributed by atoms with Gasteiger partial charge >= 0.3 is 5.69 Å². The lowest BCUT2D eigenvalue weighted by molar-refractivity contribution is 0.131. The molecule has 0 spiro atoms. The first kappa shape index (κ1) is 20.7. The van der Waals surface area contributed by atoms with Gasteiger partial charge in [-0.2, -0.15) is 4.31 Å². The average Bonchev–Trinajstić information content (AvgIpc) is 3.09. The van der Waals surface area contributed by atoms with Crippen LogP contribution >= 0.6 is 0 Å². The van der Waals surface area contributed by atoms with Crippen molar-refractivity contribution in [3.05, 3.63) is 64.1 Å². The van der Waals surface area contributed by atoms with Crippen LogP contribution in [-0.4, -0.2) is 53.8 Å². The van der Waals surface area contributed by atoms with Crippen molar-refractivity contribution < 1.29 is 17.2 Å². The van der Waals surface area contributed by atoms with Gasteiger partial charge in [0, 0.05) is 43.9 Å². The molecular weight excluding hydrogens is 414 g/mol. The number of aromatic amines is 2. The van der Waals surface area contributed by atoms with Crippen LogP contribution in [0.3, 0.4) is 0 Å². The number of nitrogens with zero attached hydrogens (tertiary/aromatic N) is 2. The van der Waals surface area contributed by atoms with E-state index in [0.717, 1.165) is 6.07 Å².